The number of hydrogen-bond donors (Lipinski definition) is 2. The first-order valence-electron chi connectivity index (χ1n) is 5.37. The maximum atomic E-state index is 13.9. The third-order valence-electron chi connectivity index (χ3n) is 2.34. The molecule has 0 saturated carbocycles. The first-order chi connectivity index (χ1) is 9.35. The lowest BCUT2D eigenvalue weighted by Gasteiger charge is -2.17. The van der Waals surface area contributed by atoms with Crippen LogP contribution < -0.4 is 10.5 Å². The topological polar surface area (TPSA) is 72.2 Å². The average molecular weight is 414 g/mol. The van der Waals surface area contributed by atoms with Crippen molar-refractivity contribution >= 4 is 43.2 Å². The first-order valence-corrected chi connectivity index (χ1v) is 8.02. The number of halogens is 6. The lowest BCUT2D eigenvalue weighted by atomic mass is 10.2. The van der Waals surface area contributed by atoms with Crippen molar-refractivity contribution in [2.75, 3.05) is 5.73 Å². The zero-order valence-corrected chi connectivity index (χ0v) is 13.6. The van der Waals surface area contributed by atoms with Gasteiger partial charge in [-0.05, 0) is 28.9 Å². The van der Waals surface area contributed by atoms with Gasteiger partial charge in [-0.15, -0.1) is 0 Å². The van der Waals surface area contributed by atoms with Crippen LogP contribution in [0.25, 0.3) is 0 Å². The minimum absolute atomic E-state index is 0.0380. The molecule has 4 nitrogen and oxygen atoms in total. The van der Waals surface area contributed by atoms with Crippen molar-refractivity contribution in [2.24, 2.45) is 0 Å². The van der Waals surface area contributed by atoms with Crippen molar-refractivity contribution in [1.29, 1.82) is 0 Å². The predicted molar refractivity (Wildman–Crippen MR) is 74.0 cm³/mol. The molecule has 1 aromatic carbocycles. The third kappa shape index (κ3) is 4.70. The van der Waals surface area contributed by atoms with Crippen LogP contribution in [-0.2, 0) is 10.0 Å². The smallest absolute Gasteiger partial charge is 0.390 e. The highest BCUT2D eigenvalue weighted by molar-refractivity contribution is 9.10. The fourth-order valence-electron chi connectivity index (χ4n) is 1.51. The molecule has 0 aliphatic rings. The highest BCUT2D eigenvalue weighted by Crippen LogP contribution is 2.34. The maximum Gasteiger partial charge on any atom is 0.390 e. The predicted octanol–water partition coefficient (Wildman–Crippen LogP) is 3.44. The van der Waals surface area contributed by atoms with Crippen LogP contribution in [0.2, 0.25) is 5.02 Å². The van der Waals surface area contributed by atoms with Gasteiger partial charge in [0.1, 0.15) is 4.90 Å². The molecule has 0 saturated heterocycles. The van der Waals surface area contributed by atoms with Gasteiger partial charge in [-0.1, -0.05) is 11.6 Å². The summed E-state index contributed by atoms with van der Waals surface area (Å²) in [5.74, 6) is -1.29. The number of rotatable bonds is 4. The van der Waals surface area contributed by atoms with Crippen molar-refractivity contribution in [3.8, 4) is 0 Å². The average Bonchev–Trinajstić information content (AvgIpc) is 2.27. The molecule has 0 aromatic heterocycles. The van der Waals surface area contributed by atoms with E-state index in [1.165, 1.54) is 0 Å². The number of anilines is 1. The first kappa shape index (κ1) is 18.5. The highest BCUT2D eigenvalue weighted by Gasteiger charge is 2.33. The summed E-state index contributed by atoms with van der Waals surface area (Å²) in [7, 11) is -4.53. The Labute approximate surface area is 131 Å². The van der Waals surface area contributed by atoms with E-state index in [1.54, 1.807) is 4.72 Å². The van der Waals surface area contributed by atoms with Gasteiger partial charge in [0.05, 0.1) is 21.6 Å². The van der Waals surface area contributed by atoms with Crippen molar-refractivity contribution in [3.63, 3.8) is 0 Å². The van der Waals surface area contributed by atoms with E-state index in [0.717, 1.165) is 13.0 Å². The molecule has 0 fully saturated rings. The minimum atomic E-state index is -4.56. The van der Waals surface area contributed by atoms with E-state index in [1.807, 2.05) is 0 Å². The largest absolute Gasteiger partial charge is 0.395 e. The Bertz CT molecular complexity index is 651. The summed E-state index contributed by atoms with van der Waals surface area (Å²) in [5, 5.41) is -0.183. The fourth-order valence-corrected chi connectivity index (χ4v) is 3.44. The molecule has 0 spiro atoms. The summed E-state index contributed by atoms with van der Waals surface area (Å²) in [4.78, 5) is -0.915. The van der Waals surface area contributed by atoms with Gasteiger partial charge in [0.25, 0.3) is 0 Å². The van der Waals surface area contributed by atoms with Crippen LogP contribution in [0.4, 0.5) is 23.2 Å². The second-order valence-corrected chi connectivity index (χ2v) is 7.12. The summed E-state index contributed by atoms with van der Waals surface area (Å²) < 4.78 is 76.0. The van der Waals surface area contributed by atoms with E-state index in [-0.39, 0.29) is 9.50 Å². The SMILES string of the molecule is CC(CC(F)(F)F)NS(=O)(=O)c1cc(Cl)c(Br)c(N)c1F. The van der Waals surface area contributed by atoms with Crippen molar-refractivity contribution in [3.05, 3.63) is 21.4 Å². The van der Waals surface area contributed by atoms with E-state index in [0.29, 0.717) is 0 Å². The van der Waals surface area contributed by atoms with E-state index < -0.39 is 45.1 Å². The van der Waals surface area contributed by atoms with Gasteiger partial charge >= 0.3 is 6.18 Å². The molecule has 3 N–H and O–H groups in total. The van der Waals surface area contributed by atoms with E-state index >= 15 is 0 Å². The molecule has 0 aliphatic heterocycles. The molecule has 21 heavy (non-hydrogen) atoms. The van der Waals surface area contributed by atoms with E-state index in [2.05, 4.69) is 15.9 Å². The van der Waals surface area contributed by atoms with Crippen molar-refractivity contribution < 1.29 is 26.0 Å². The van der Waals surface area contributed by atoms with Crippen LogP contribution in [-0.4, -0.2) is 20.6 Å². The van der Waals surface area contributed by atoms with E-state index in [4.69, 9.17) is 17.3 Å². The Balaban J connectivity index is 3.15. The molecule has 0 radical (unpaired) electrons. The Morgan fingerprint density at radius 2 is 2.00 bits per heavy atom. The van der Waals surface area contributed by atoms with Crippen molar-refractivity contribution in [2.45, 2.75) is 30.5 Å². The summed E-state index contributed by atoms with van der Waals surface area (Å²) in [6.45, 7) is 1.01. The van der Waals surface area contributed by atoms with E-state index in [9.17, 15) is 26.0 Å². The lowest BCUT2D eigenvalue weighted by molar-refractivity contribution is -0.137. The summed E-state index contributed by atoms with van der Waals surface area (Å²) >= 11 is 8.53. The van der Waals surface area contributed by atoms with Gasteiger partial charge in [-0.2, -0.15) is 13.2 Å². The number of nitrogen functional groups attached to an aromatic ring is 1. The van der Waals surface area contributed by atoms with Gasteiger partial charge < -0.3 is 5.73 Å². The Morgan fingerprint density at radius 1 is 1.48 bits per heavy atom. The van der Waals surface area contributed by atoms with Crippen LogP contribution in [0.3, 0.4) is 0 Å². The number of benzene rings is 1. The van der Waals surface area contributed by atoms with Gasteiger partial charge in [0, 0.05) is 6.04 Å². The molecule has 0 aliphatic carbocycles. The second-order valence-electron chi connectivity index (χ2n) is 4.24. The fraction of sp³-hybridized carbons (Fsp3) is 0.400. The molecule has 1 rings (SSSR count). The summed E-state index contributed by atoms with van der Waals surface area (Å²) in [6, 6.07) is -0.710. The molecule has 0 amide bonds. The number of nitrogens with two attached hydrogens (primary N) is 1. The number of sulfonamides is 1. The summed E-state index contributed by atoms with van der Waals surface area (Å²) in [5.41, 5.74) is 4.78. The van der Waals surface area contributed by atoms with Crippen LogP contribution in [0.5, 0.6) is 0 Å². The molecule has 1 aromatic rings. The molecular formula is C10H10BrClF4N2O2S. The highest BCUT2D eigenvalue weighted by atomic mass is 79.9. The third-order valence-corrected chi connectivity index (χ3v) is 5.31. The Hall–Kier alpha value is -0.580. The minimum Gasteiger partial charge on any atom is -0.395 e. The van der Waals surface area contributed by atoms with Crippen LogP contribution >= 0.6 is 27.5 Å². The van der Waals surface area contributed by atoms with Crippen LogP contribution in [0.15, 0.2) is 15.4 Å². The molecule has 0 heterocycles. The molecule has 1 unspecified atom stereocenters. The molecule has 1 atom stereocenters. The molecule has 120 valence electrons. The van der Waals surface area contributed by atoms with Gasteiger partial charge in [0.2, 0.25) is 10.0 Å². The van der Waals surface area contributed by atoms with Gasteiger partial charge in [0.15, 0.2) is 5.82 Å². The molecule has 11 heteroatoms. The zero-order chi connectivity index (χ0) is 16.6. The number of nitrogens with one attached hydrogen (secondary N) is 1. The quantitative estimate of drug-likeness (QED) is 0.451. The number of hydrogen-bond acceptors (Lipinski definition) is 3. The summed E-state index contributed by atoms with van der Waals surface area (Å²) in [6.07, 6.45) is -5.95. The van der Waals surface area contributed by atoms with Gasteiger partial charge in [-0.25, -0.2) is 17.5 Å². The molecule has 0 bridgehead atoms. The Kier molecular flexibility index (Phi) is 5.51. The van der Waals surface area contributed by atoms with Gasteiger partial charge in [-0.3, -0.25) is 0 Å². The second kappa shape index (κ2) is 6.27. The van der Waals surface area contributed by atoms with Crippen LogP contribution in [0, 0.1) is 5.82 Å². The standard InChI is InChI=1S/C10H10BrClF4N2O2S/c1-4(3-10(14,15)16)18-21(19,20)6-2-5(12)7(11)9(17)8(6)13/h2,4,18H,3,17H2,1H3. The molecular weight excluding hydrogens is 404 g/mol. The zero-order valence-electron chi connectivity index (χ0n) is 10.4. The van der Waals surface area contributed by atoms with Crippen LogP contribution in [0.1, 0.15) is 13.3 Å². The number of alkyl halides is 3. The van der Waals surface area contributed by atoms with Crippen molar-refractivity contribution in [1.82, 2.24) is 4.72 Å². The lowest BCUT2D eigenvalue weighted by Crippen LogP contribution is -2.36. The monoisotopic (exact) mass is 412 g/mol. The Morgan fingerprint density at radius 3 is 2.48 bits per heavy atom. The maximum absolute atomic E-state index is 13.9. The normalized spacial score (nSPS) is 14.2.